The fraction of sp³-hybridized carbons (Fsp3) is 0.174. The first-order valence-corrected chi connectivity index (χ1v) is 11.1. The molecule has 0 aliphatic rings. The van der Waals surface area contributed by atoms with Crippen LogP contribution in [0.1, 0.15) is 33.1 Å². The number of rotatable bonds is 6. The average molecular weight is 485 g/mol. The summed E-state index contributed by atoms with van der Waals surface area (Å²) in [6.45, 7) is 3.73. The van der Waals surface area contributed by atoms with Crippen molar-refractivity contribution in [1.29, 1.82) is 0 Å². The van der Waals surface area contributed by atoms with Crippen LogP contribution in [0.15, 0.2) is 65.8 Å². The Labute approximate surface area is 197 Å². The largest absolute Gasteiger partial charge is 0.416 e. The first kappa shape index (κ1) is 23.4. The second kappa shape index (κ2) is 9.64. The van der Waals surface area contributed by atoms with Crippen LogP contribution >= 0.6 is 11.8 Å². The number of alkyl halides is 3. The summed E-state index contributed by atoms with van der Waals surface area (Å²) in [7, 11) is 0. The number of carbonyl (C=O) groups is 1. The molecule has 2 aromatic carbocycles. The summed E-state index contributed by atoms with van der Waals surface area (Å²) in [5.74, 6) is -0.408. The van der Waals surface area contributed by atoms with Gasteiger partial charge in [0.1, 0.15) is 0 Å². The summed E-state index contributed by atoms with van der Waals surface area (Å²) in [5.41, 5.74) is 1.91. The molecule has 0 saturated heterocycles. The van der Waals surface area contributed by atoms with Crippen LogP contribution in [-0.2, 0) is 11.9 Å². The van der Waals surface area contributed by atoms with Crippen molar-refractivity contribution >= 4 is 23.4 Å². The highest BCUT2D eigenvalue weighted by molar-refractivity contribution is 7.98. The van der Waals surface area contributed by atoms with E-state index in [1.54, 1.807) is 0 Å². The fourth-order valence-corrected chi connectivity index (χ4v) is 4.18. The van der Waals surface area contributed by atoms with Gasteiger partial charge in [-0.1, -0.05) is 41.2 Å². The zero-order chi connectivity index (χ0) is 24.3. The molecule has 0 spiro atoms. The molecule has 2 heterocycles. The van der Waals surface area contributed by atoms with Crippen LogP contribution in [0, 0.1) is 13.8 Å². The highest BCUT2D eigenvalue weighted by Crippen LogP contribution is 2.31. The molecule has 34 heavy (non-hydrogen) atoms. The van der Waals surface area contributed by atoms with E-state index in [-0.39, 0.29) is 17.1 Å². The van der Waals surface area contributed by atoms with Crippen molar-refractivity contribution in [3.05, 3.63) is 89.0 Å². The van der Waals surface area contributed by atoms with Crippen LogP contribution in [0.3, 0.4) is 0 Å². The van der Waals surface area contributed by atoms with Gasteiger partial charge in [0.15, 0.2) is 10.9 Å². The summed E-state index contributed by atoms with van der Waals surface area (Å²) >= 11 is 1.31. The Morgan fingerprint density at radius 2 is 1.71 bits per heavy atom. The number of halogens is 3. The number of aryl methyl sites for hydroxylation is 2. The van der Waals surface area contributed by atoms with E-state index >= 15 is 0 Å². The molecular formula is C23H19F3N6OS. The zero-order valence-electron chi connectivity index (χ0n) is 18.2. The number of carbonyl (C=O) groups excluding carboxylic acids is 1. The Morgan fingerprint density at radius 3 is 2.38 bits per heavy atom. The van der Waals surface area contributed by atoms with Gasteiger partial charge >= 0.3 is 6.18 Å². The number of anilines is 1. The number of para-hydroxylation sites is 1. The van der Waals surface area contributed by atoms with E-state index in [4.69, 9.17) is 0 Å². The lowest BCUT2D eigenvalue weighted by molar-refractivity contribution is -0.137. The van der Waals surface area contributed by atoms with Crippen LogP contribution in [0.25, 0.3) is 5.69 Å². The van der Waals surface area contributed by atoms with E-state index < -0.39 is 17.6 Å². The molecule has 0 bridgehead atoms. The van der Waals surface area contributed by atoms with Crippen LogP contribution in [0.2, 0.25) is 0 Å². The third-order valence-electron chi connectivity index (χ3n) is 4.73. The molecule has 4 aromatic rings. The van der Waals surface area contributed by atoms with Crippen molar-refractivity contribution in [2.24, 2.45) is 0 Å². The van der Waals surface area contributed by atoms with E-state index in [1.165, 1.54) is 28.6 Å². The fourth-order valence-electron chi connectivity index (χ4n) is 3.24. The molecule has 4 rings (SSSR count). The van der Waals surface area contributed by atoms with Gasteiger partial charge < -0.3 is 5.32 Å². The van der Waals surface area contributed by atoms with E-state index in [0.717, 1.165) is 23.5 Å². The maximum atomic E-state index is 13.0. The number of hydrogen-bond acceptors (Lipinski definition) is 6. The number of amides is 1. The predicted octanol–water partition coefficient (Wildman–Crippen LogP) is 5.24. The number of hydrogen-bond donors (Lipinski definition) is 1. The molecule has 2 aromatic heterocycles. The molecule has 0 aliphatic carbocycles. The number of aromatic nitrogens is 5. The highest BCUT2D eigenvalue weighted by atomic mass is 32.2. The number of nitrogens with one attached hydrogen (secondary N) is 1. The van der Waals surface area contributed by atoms with Crippen LogP contribution < -0.4 is 5.32 Å². The van der Waals surface area contributed by atoms with Gasteiger partial charge in [0.2, 0.25) is 0 Å². The van der Waals surface area contributed by atoms with Gasteiger partial charge in [0, 0.05) is 22.8 Å². The molecule has 11 heteroatoms. The van der Waals surface area contributed by atoms with Gasteiger partial charge in [0.05, 0.1) is 16.9 Å². The van der Waals surface area contributed by atoms with Crippen molar-refractivity contribution < 1.29 is 18.0 Å². The smallest absolute Gasteiger partial charge is 0.321 e. The second-order valence-electron chi connectivity index (χ2n) is 7.39. The predicted molar refractivity (Wildman–Crippen MR) is 122 cm³/mol. The van der Waals surface area contributed by atoms with Gasteiger partial charge in [-0.3, -0.25) is 4.79 Å². The molecule has 0 unspecified atom stereocenters. The molecule has 0 aliphatic heterocycles. The van der Waals surface area contributed by atoms with Crippen molar-refractivity contribution in [1.82, 2.24) is 25.0 Å². The molecule has 174 valence electrons. The molecule has 0 fully saturated rings. The maximum absolute atomic E-state index is 13.0. The van der Waals surface area contributed by atoms with E-state index in [1.807, 2.05) is 50.2 Å². The Hall–Kier alpha value is -3.73. The van der Waals surface area contributed by atoms with Crippen LogP contribution in [-0.4, -0.2) is 30.9 Å². The van der Waals surface area contributed by atoms with Crippen molar-refractivity contribution in [2.45, 2.75) is 30.9 Å². The number of benzene rings is 2. The normalized spacial score (nSPS) is 11.4. The first-order chi connectivity index (χ1) is 16.2. The number of thioether (sulfide) groups is 1. The minimum absolute atomic E-state index is 0.00172. The molecular weight excluding hydrogens is 465 g/mol. The van der Waals surface area contributed by atoms with Crippen LogP contribution in [0.5, 0.6) is 0 Å². The summed E-state index contributed by atoms with van der Waals surface area (Å²) in [6.07, 6.45) is -4.52. The second-order valence-corrected chi connectivity index (χ2v) is 8.33. The SMILES string of the molecule is Cc1cc(C)nc(SCc2c(C(=O)Nc3cccc(C(F)(F)F)c3)nnn2-c2ccccc2)n1. The Bertz CT molecular complexity index is 1300. The Morgan fingerprint density at radius 1 is 1.00 bits per heavy atom. The van der Waals surface area contributed by atoms with E-state index in [0.29, 0.717) is 16.5 Å². The van der Waals surface area contributed by atoms with Crippen molar-refractivity contribution in [3.8, 4) is 5.69 Å². The summed E-state index contributed by atoms with van der Waals surface area (Å²) in [5, 5.41) is 11.2. The summed E-state index contributed by atoms with van der Waals surface area (Å²) in [6, 6.07) is 15.4. The zero-order valence-corrected chi connectivity index (χ0v) is 19.0. The molecule has 1 N–H and O–H groups in total. The standard InChI is InChI=1S/C23H19F3N6OS/c1-14-11-15(2)28-22(27-14)34-13-19-20(30-31-32(19)18-9-4-3-5-10-18)21(33)29-17-8-6-7-16(12-17)23(24,25)26/h3-12H,13H2,1-2H3,(H,29,33). The summed E-state index contributed by atoms with van der Waals surface area (Å²) < 4.78 is 40.7. The Balaban J connectivity index is 1.65. The quantitative estimate of drug-likeness (QED) is 0.298. The monoisotopic (exact) mass is 484 g/mol. The van der Waals surface area contributed by atoms with Gasteiger partial charge in [0.25, 0.3) is 5.91 Å². The first-order valence-electron chi connectivity index (χ1n) is 10.1. The third-order valence-corrected chi connectivity index (χ3v) is 5.59. The highest BCUT2D eigenvalue weighted by Gasteiger charge is 2.30. The van der Waals surface area contributed by atoms with Gasteiger partial charge in [-0.05, 0) is 50.2 Å². The molecule has 1 amide bonds. The van der Waals surface area contributed by atoms with Crippen LogP contribution in [0.4, 0.5) is 18.9 Å². The van der Waals surface area contributed by atoms with Crippen molar-refractivity contribution in [2.75, 3.05) is 5.32 Å². The lowest BCUT2D eigenvalue weighted by Gasteiger charge is -2.10. The van der Waals surface area contributed by atoms with Crippen molar-refractivity contribution in [3.63, 3.8) is 0 Å². The van der Waals surface area contributed by atoms with Gasteiger partial charge in [-0.2, -0.15) is 13.2 Å². The minimum Gasteiger partial charge on any atom is -0.321 e. The maximum Gasteiger partial charge on any atom is 0.416 e. The third kappa shape index (κ3) is 5.42. The lowest BCUT2D eigenvalue weighted by Crippen LogP contribution is -2.16. The Kier molecular flexibility index (Phi) is 6.64. The molecule has 0 atom stereocenters. The van der Waals surface area contributed by atoms with Gasteiger partial charge in [-0.25, -0.2) is 14.6 Å². The molecule has 0 saturated carbocycles. The molecule has 0 radical (unpaired) electrons. The lowest BCUT2D eigenvalue weighted by atomic mass is 10.2. The topological polar surface area (TPSA) is 85.6 Å². The minimum atomic E-state index is -4.52. The average Bonchev–Trinajstić information content (AvgIpc) is 3.21. The summed E-state index contributed by atoms with van der Waals surface area (Å²) in [4.78, 5) is 21.8. The van der Waals surface area contributed by atoms with Gasteiger partial charge in [-0.15, -0.1) is 5.10 Å². The van der Waals surface area contributed by atoms with E-state index in [2.05, 4.69) is 25.6 Å². The molecule has 7 nitrogen and oxygen atoms in total. The number of nitrogens with zero attached hydrogens (tertiary/aromatic N) is 5. The van der Waals surface area contributed by atoms with E-state index in [9.17, 15) is 18.0 Å².